The van der Waals surface area contributed by atoms with Crippen LogP contribution in [0.15, 0.2) is 36.4 Å². The van der Waals surface area contributed by atoms with Gasteiger partial charge in [0.2, 0.25) is 0 Å². The lowest BCUT2D eigenvalue weighted by Crippen LogP contribution is -2.59. The maximum atomic E-state index is 12.8. The summed E-state index contributed by atoms with van der Waals surface area (Å²) in [7, 11) is 4.90. The van der Waals surface area contributed by atoms with Crippen molar-refractivity contribution in [2.75, 3.05) is 45.9 Å². The Morgan fingerprint density at radius 1 is 0.900 bits per heavy atom. The Hall–Kier alpha value is -2.44. The quantitative estimate of drug-likeness (QED) is 0.715. The number of benzene rings is 2. The predicted octanol–water partition coefficient (Wildman–Crippen LogP) is 3.96. The standard InChI is InChI=1S/C23H27ClN2O4/c1-28-21-9-4-15(12-23(21)30-3)18-7-8-20(27)19-14-25(10-11-26(18)19)16-5-6-17(24)22(13-16)29-2/h4-6,9,12-13,18-19H,7-8,10-11,14H2,1-3H3. The fourth-order valence-corrected chi connectivity index (χ4v) is 4.76. The minimum absolute atomic E-state index is 0.132. The van der Waals surface area contributed by atoms with Crippen LogP contribution in [0.4, 0.5) is 5.69 Å². The molecule has 0 radical (unpaired) electrons. The van der Waals surface area contributed by atoms with Crippen LogP contribution in [0.3, 0.4) is 0 Å². The van der Waals surface area contributed by atoms with Gasteiger partial charge < -0.3 is 19.1 Å². The van der Waals surface area contributed by atoms with E-state index in [4.69, 9.17) is 25.8 Å². The molecule has 0 spiro atoms. The summed E-state index contributed by atoms with van der Waals surface area (Å²) in [5, 5.41) is 0.585. The third-order valence-corrected chi connectivity index (χ3v) is 6.46. The van der Waals surface area contributed by atoms with Gasteiger partial charge in [-0.25, -0.2) is 0 Å². The molecule has 2 saturated heterocycles. The SMILES string of the molecule is COc1cc(N2CCN3C(C2)C(=O)CCC3c2ccc(OC)c(OC)c2)ccc1Cl. The number of piperidine rings is 1. The third-order valence-electron chi connectivity index (χ3n) is 6.15. The van der Waals surface area contributed by atoms with E-state index in [1.54, 1.807) is 21.3 Å². The number of carbonyl (C=O) groups excluding carboxylic acids is 1. The fraction of sp³-hybridized carbons (Fsp3) is 0.435. The summed E-state index contributed by atoms with van der Waals surface area (Å²) in [6.45, 7) is 2.30. The lowest BCUT2D eigenvalue weighted by molar-refractivity contribution is -0.129. The summed E-state index contributed by atoms with van der Waals surface area (Å²) in [5.41, 5.74) is 2.18. The van der Waals surface area contributed by atoms with E-state index in [9.17, 15) is 4.79 Å². The van der Waals surface area contributed by atoms with Crippen LogP contribution in [0.1, 0.15) is 24.4 Å². The van der Waals surface area contributed by atoms with Gasteiger partial charge in [0.1, 0.15) is 5.75 Å². The average molecular weight is 431 g/mol. The largest absolute Gasteiger partial charge is 0.495 e. The van der Waals surface area contributed by atoms with E-state index in [1.165, 1.54) is 0 Å². The summed E-state index contributed by atoms with van der Waals surface area (Å²) in [5.74, 6) is 2.38. The number of rotatable bonds is 5. The van der Waals surface area contributed by atoms with Crippen molar-refractivity contribution in [3.63, 3.8) is 0 Å². The number of fused-ring (bicyclic) bond motifs is 1. The van der Waals surface area contributed by atoms with Crippen molar-refractivity contribution in [2.45, 2.75) is 24.9 Å². The number of hydrogen-bond acceptors (Lipinski definition) is 6. The Bertz CT molecular complexity index is 935. The van der Waals surface area contributed by atoms with Gasteiger partial charge in [-0.1, -0.05) is 17.7 Å². The molecule has 0 saturated carbocycles. The summed E-state index contributed by atoms with van der Waals surface area (Å²) < 4.78 is 16.2. The van der Waals surface area contributed by atoms with Crippen molar-refractivity contribution in [1.82, 2.24) is 4.90 Å². The number of halogens is 1. The zero-order valence-electron chi connectivity index (χ0n) is 17.6. The smallest absolute Gasteiger partial charge is 0.161 e. The van der Waals surface area contributed by atoms with E-state index in [-0.39, 0.29) is 12.1 Å². The Labute approximate surface area is 182 Å². The van der Waals surface area contributed by atoms with Crippen LogP contribution in [-0.2, 0) is 4.79 Å². The monoisotopic (exact) mass is 430 g/mol. The first-order chi connectivity index (χ1) is 14.5. The minimum atomic E-state index is -0.132. The first kappa shape index (κ1) is 20.8. The Morgan fingerprint density at radius 3 is 2.40 bits per heavy atom. The number of nitrogens with zero attached hydrogens (tertiary/aromatic N) is 2. The minimum Gasteiger partial charge on any atom is -0.495 e. The van der Waals surface area contributed by atoms with E-state index < -0.39 is 0 Å². The molecule has 4 rings (SSSR count). The number of hydrogen-bond donors (Lipinski definition) is 0. The van der Waals surface area contributed by atoms with Gasteiger partial charge in [0, 0.05) is 43.9 Å². The van der Waals surface area contributed by atoms with Gasteiger partial charge in [-0.2, -0.15) is 0 Å². The van der Waals surface area contributed by atoms with Gasteiger partial charge >= 0.3 is 0 Å². The normalized spacial score (nSPS) is 21.9. The topological polar surface area (TPSA) is 51.2 Å². The van der Waals surface area contributed by atoms with Crippen molar-refractivity contribution >= 4 is 23.1 Å². The summed E-state index contributed by atoms with van der Waals surface area (Å²) >= 11 is 6.18. The molecule has 2 fully saturated rings. The molecule has 160 valence electrons. The maximum absolute atomic E-state index is 12.8. The van der Waals surface area contributed by atoms with Crippen LogP contribution < -0.4 is 19.1 Å². The van der Waals surface area contributed by atoms with E-state index >= 15 is 0 Å². The molecule has 2 aliphatic rings. The van der Waals surface area contributed by atoms with Gasteiger partial charge in [-0.3, -0.25) is 9.69 Å². The van der Waals surface area contributed by atoms with Crippen molar-refractivity contribution < 1.29 is 19.0 Å². The van der Waals surface area contributed by atoms with Gasteiger partial charge in [0.25, 0.3) is 0 Å². The van der Waals surface area contributed by atoms with Gasteiger partial charge in [0.15, 0.2) is 17.3 Å². The Morgan fingerprint density at radius 2 is 1.67 bits per heavy atom. The molecule has 0 aliphatic carbocycles. The molecule has 2 aromatic rings. The third kappa shape index (κ3) is 3.82. The Kier molecular flexibility index (Phi) is 6.06. The molecule has 2 atom stereocenters. The highest BCUT2D eigenvalue weighted by Gasteiger charge is 2.40. The van der Waals surface area contributed by atoms with Gasteiger partial charge in [-0.15, -0.1) is 0 Å². The van der Waals surface area contributed by atoms with E-state index in [1.807, 2.05) is 30.3 Å². The summed E-state index contributed by atoms with van der Waals surface area (Å²) in [6, 6.07) is 11.9. The summed E-state index contributed by atoms with van der Waals surface area (Å²) in [6.07, 6.45) is 1.40. The second-order valence-corrected chi connectivity index (χ2v) is 8.06. The zero-order chi connectivity index (χ0) is 21.3. The molecule has 0 aromatic heterocycles. The van der Waals surface area contributed by atoms with Crippen LogP contribution >= 0.6 is 11.6 Å². The average Bonchev–Trinajstić information content (AvgIpc) is 2.79. The zero-order valence-corrected chi connectivity index (χ0v) is 18.3. The van der Waals surface area contributed by atoms with Gasteiger partial charge in [0.05, 0.1) is 32.4 Å². The number of methoxy groups -OCH3 is 3. The molecule has 2 heterocycles. The molecule has 2 aliphatic heterocycles. The van der Waals surface area contributed by atoms with Crippen molar-refractivity contribution in [2.24, 2.45) is 0 Å². The molecule has 30 heavy (non-hydrogen) atoms. The molecule has 7 heteroatoms. The van der Waals surface area contributed by atoms with Crippen LogP contribution in [0.5, 0.6) is 17.2 Å². The summed E-state index contributed by atoms with van der Waals surface area (Å²) in [4.78, 5) is 17.4. The van der Waals surface area contributed by atoms with Crippen LogP contribution in [0.25, 0.3) is 0 Å². The van der Waals surface area contributed by atoms with Crippen LogP contribution in [-0.4, -0.2) is 57.7 Å². The first-order valence-electron chi connectivity index (χ1n) is 10.1. The highest BCUT2D eigenvalue weighted by atomic mass is 35.5. The van der Waals surface area contributed by atoms with E-state index in [2.05, 4.69) is 15.9 Å². The van der Waals surface area contributed by atoms with Crippen molar-refractivity contribution in [1.29, 1.82) is 0 Å². The highest BCUT2D eigenvalue weighted by molar-refractivity contribution is 6.32. The Balaban J connectivity index is 1.57. The maximum Gasteiger partial charge on any atom is 0.161 e. The van der Waals surface area contributed by atoms with Gasteiger partial charge in [-0.05, 0) is 36.2 Å². The van der Waals surface area contributed by atoms with E-state index in [0.29, 0.717) is 35.3 Å². The number of ether oxygens (including phenoxy) is 3. The molecule has 6 nitrogen and oxygen atoms in total. The molecular formula is C23H27ClN2O4. The second-order valence-electron chi connectivity index (χ2n) is 7.65. The number of piperazine rings is 1. The number of Topliss-reactive ketones (excluding diaryl/α,β-unsaturated/α-hetero) is 1. The molecule has 2 aromatic carbocycles. The molecule has 0 amide bonds. The number of anilines is 1. The predicted molar refractivity (Wildman–Crippen MR) is 117 cm³/mol. The molecular weight excluding hydrogens is 404 g/mol. The second kappa shape index (κ2) is 8.74. The van der Waals surface area contributed by atoms with Crippen LogP contribution in [0.2, 0.25) is 5.02 Å². The lowest BCUT2D eigenvalue weighted by Gasteiger charge is -2.48. The van der Waals surface area contributed by atoms with Crippen molar-refractivity contribution in [3.05, 3.63) is 47.0 Å². The highest BCUT2D eigenvalue weighted by Crippen LogP contribution is 2.39. The molecule has 0 bridgehead atoms. The number of carbonyl (C=O) groups is 1. The number of ketones is 1. The fourth-order valence-electron chi connectivity index (χ4n) is 4.57. The lowest BCUT2D eigenvalue weighted by atomic mass is 9.88. The van der Waals surface area contributed by atoms with E-state index in [0.717, 1.165) is 36.5 Å². The molecule has 0 N–H and O–H groups in total. The molecule has 2 unspecified atom stereocenters. The first-order valence-corrected chi connectivity index (χ1v) is 10.5. The van der Waals surface area contributed by atoms with Crippen molar-refractivity contribution in [3.8, 4) is 17.2 Å². The van der Waals surface area contributed by atoms with Crippen LogP contribution in [0, 0.1) is 0 Å².